The van der Waals surface area contributed by atoms with E-state index in [1.54, 1.807) is 13.1 Å². The van der Waals surface area contributed by atoms with Crippen molar-refractivity contribution in [2.45, 2.75) is 40.8 Å². The third-order valence-corrected chi connectivity index (χ3v) is 5.83. The Morgan fingerprint density at radius 1 is 1.26 bits per heavy atom. The molecule has 0 radical (unpaired) electrons. The highest BCUT2D eigenvalue weighted by atomic mass is 32.1. The van der Waals surface area contributed by atoms with E-state index in [4.69, 9.17) is 9.26 Å². The molecular formula is C22H23N5O3S. The number of ether oxygens (including phenoxy) is 1. The third kappa shape index (κ3) is 4.22. The maximum absolute atomic E-state index is 12.9. The predicted molar refractivity (Wildman–Crippen MR) is 118 cm³/mol. The molecular weight excluding hydrogens is 414 g/mol. The highest BCUT2D eigenvalue weighted by Gasteiger charge is 2.22. The first kappa shape index (κ1) is 20.8. The summed E-state index contributed by atoms with van der Waals surface area (Å²) >= 11 is 1.35. The molecule has 4 rings (SSSR count). The number of hydrogen-bond acceptors (Lipinski definition) is 7. The average Bonchev–Trinajstić information content (AvgIpc) is 3.46. The van der Waals surface area contributed by atoms with E-state index >= 15 is 0 Å². The number of thiazole rings is 1. The quantitative estimate of drug-likeness (QED) is 0.447. The summed E-state index contributed by atoms with van der Waals surface area (Å²) in [6.07, 6.45) is 1.79. The fourth-order valence-corrected chi connectivity index (χ4v) is 3.94. The molecule has 0 fully saturated rings. The Hall–Kier alpha value is -3.46. The molecule has 3 aromatic heterocycles. The average molecular weight is 438 g/mol. The number of amides is 1. The van der Waals surface area contributed by atoms with E-state index in [1.165, 1.54) is 11.3 Å². The number of carbonyl (C=O) groups is 1. The van der Waals surface area contributed by atoms with Gasteiger partial charge in [0.05, 0.1) is 17.5 Å². The molecule has 0 aliphatic carbocycles. The van der Waals surface area contributed by atoms with Gasteiger partial charge in [0.25, 0.3) is 5.91 Å². The molecule has 8 nitrogen and oxygen atoms in total. The van der Waals surface area contributed by atoms with Gasteiger partial charge in [-0.05, 0) is 39.3 Å². The second-order valence-electron chi connectivity index (χ2n) is 7.07. The van der Waals surface area contributed by atoms with Crippen LogP contribution < -0.4 is 10.1 Å². The molecule has 0 aliphatic rings. The summed E-state index contributed by atoms with van der Waals surface area (Å²) in [4.78, 5) is 17.4. The third-order valence-electron chi connectivity index (χ3n) is 5.07. The van der Waals surface area contributed by atoms with Crippen LogP contribution in [0.25, 0.3) is 11.3 Å². The summed E-state index contributed by atoms with van der Waals surface area (Å²) < 4.78 is 13.1. The van der Waals surface area contributed by atoms with Gasteiger partial charge in [0.1, 0.15) is 18.1 Å². The van der Waals surface area contributed by atoms with Crippen molar-refractivity contribution in [1.82, 2.24) is 19.9 Å². The molecule has 0 saturated carbocycles. The summed E-state index contributed by atoms with van der Waals surface area (Å²) in [5.41, 5.74) is 4.57. The Morgan fingerprint density at radius 2 is 2.06 bits per heavy atom. The van der Waals surface area contributed by atoms with Crippen LogP contribution >= 0.6 is 11.3 Å². The van der Waals surface area contributed by atoms with Crippen LogP contribution in [0.5, 0.6) is 5.75 Å². The number of nitrogens with one attached hydrogen (secondary N) is 1. The molecule has 4 aromatic rings. The van der Waals surface area contributed by atoms with Gasteiger partial charge in [0.2, 0.25) is 0 Å². The summed E-state index contributed by atoms with van der Waals surface area (Å²) in [6, 6.07) is 7.71. The van der Waals surface area contributed by atoms with Crippen molar-refractivity contribution >= 4 is 22.4 Å². The van der Waals surface area contributed by atoms with Gasteiger partial charge in [-0.3, -0.25) is 14.8 Å². The Morgan fingerprint density at radius 3 is 2.81 bits per heavy atom. The standard InChI is InChI=1S/C22H23N5O3S/c1-5-27-14(3)16(10-23-27)18-12-31-22(24-18)25-21(28)20-17(15(4)30-26-20)11-29-19-9-7-6-8-13(19)2/h6-10,12H,5,11H2,1-4H3,(H,24,25,28). The lowest BCUT2D eigenvalue weighted by Gasteiger charge is -2.08. The number of aromatic nitrogens is 4. The van der Waals surface area contributed by atoms with Crippen molar-refractivity contribution in [1.29, 1.82) is 0 Å². The largest absolute Gasteiger partial charge is 0.488 e. The summed E-state index contributed by atoms with van der Waals surface area (Å²) in [6.45, 7) is 8.74. The van der Waals surface area contributed by atoms with Gasteiger partial charge in [0, 0.05) is 23.2 Å². The topological polar surface area (TPSA) is 95.1 Å². The normalized spacial score (nSPS) is 11.0. The zero-order valence-corrected chi connectivity index (χ0v) is 18.6. The minimum Gasteiger partial charge on any atom is -0.488 e. The smallest absolute Gasteiger partial charge is 0.280 e. The number of rotatable bonds is 7. The molecule has 0 saturated heterocycles. The lowest BCUT2D eigenvalue weighted by Crippen LogP contribution is -2.15. The number of benzene rings is 1. The highest BCUT2D eigenvalue weighted by Crippen LogP contribution is 2.28. The molecule has 0 atom stereocenters. The van der Waals surface area contributed by atoms with E-state index in [-0.39, 0.29) is 18.2 Å². The molecule has 160 valence electrons. The summed E-state index contributed by atoms with van der Waals surface area (Å²) in [5.74, 6) is 0.908. The minimum absolute atomic E-state index is 0.182. The molecule has 0 aliphatic heterocycles. The first-order valence-corrected chi connectivity index (χ1v) is 10.8. The van der Waals surface area contributed by atoms with Gasteiger partial charge in [-0.2, -0.15) is 5.10 Å². The molecule has 0 unspecified atom stereocenters. The Bertz CT molecular complexity index is 1220. The van der Waals surface area contributed by atoms with Crippen molar-refractivity contribution in [3.05, 3.63) is 64.1 Å². The van der Waals surface area contributed by atoms with Gasteiger partial charge in [-0.25, -0.2) is 4.98 Å². The van der Waals surface area contributed by atoms with Crippen LogP contribution in [-0.2, 0) is 13.2 Å². The van der Waals surface area contributed by atoms with Crippen LogP contribution in [-0.4, -0.2) is 25.8 Å². The summed E-state index contributed by atoms with van der Waals surface area (Å²) in [7, 11) is 0. The SMILES string of the molecule is CCn1ncc(-c2csc(NC(=O)c3noc(C)c3COc3ccccc3C)n2)c1C. The molecule has 9 heteroatoms. The minimum atomic E-state index is -0.387. The van der Waals surface area contributed by atoms with Crippen LogP contribution in [0.4, 0.5) is 5.13 Å². The lowest BCUT2D eigenvalue weighted by molar-refractivity contribution is 0.101. The second-order valence-corrected chi connectivity index (χ2v) is 7.93. The Balaban J connectivity index is 1.49. The van der Waals surface area contributed by atoms with Crippen molar-refractivity contribution < 1.29 is 14.1 Å². The zero-order valence-electron chi connectivity index (χ0n) is 17.8. The first-order valence-electron chi connectivity index (χ1n) is 9.91. The van der Waals surface area contributed by atoms with E-state index in [0.29, 0.717) is 16.5 Å². The van der Waals surface area contributed by atoms with Crippen LogP contribution in [0.1, 0.15) is 40.0 Å². The second kappa shape index (κ2) is 8.73. The number of hydrogen-bond donors (Lipinski definition) is 1. The predicted octanol–water partition coefficient (Wildman–Crippen LogP) is 4.77. The zero-order chi connectivity index (χ0) is 22.0. The lowest BCUT2D eigenvalue weighted by atomic mass is 10.2. The highest BCUT2D eigenvalue weighted by molar-refractivity contribution is 7.14. The molecule has 0 bridgehead atoms. The Kier molecular flexibility index (Phi) is 5.85. The molecule has 1 N–H and O–H groups in total. The van der Waals surface area contributed by atoms with Crippen LogP contribution in [0.3, 0.4) is 0 Å². The Labute approximate surface area is 183 Å². The number of anilines is 1. The molecule has 1 aromatic carbocycles. The monoisotopic (exact) mass is 437 g/mol. The maximum Gasteiger partial charge on any atom is 0.280 e. The van der Waals surface area contributed by atoms with Gasteiger partial charge in [-0.15, -0.1) is 11.3 Å². The summed E-state index contributed by atoms with van der Waals surface area (Å²) in [5, 5.41) is 13.5. The van der Waals surface area contributed by atoms with E-state index in [1.807, 2.05) is 55.1 Å². The van der Waals surface area contributed by atoms with Gasteiger partial charge in [0.15, 0.2) is 10.8 Å². The van der Waals surface area contributed by atoms with Crippen LogP contribution in [0.15, 0.2) is 40.4 Å². The number of para-hydroxylation sites is 1. The first-order chi connectivity index (χ1) is 15.0. The van der Waals surface area contributed by atoms with Crippen LogP contribution in [0, 0.1) is 20.8 Å². The van der Waals surface area contributed by atoms with Crippen molar-refractivity contribution in [2.75, 3.05) is 5.32 Å². The number of carbonyl (C=O) groups excluding carboxylic acids is 1. The van der Waals surface area contributed by atoms with E-state index in [9.17, 15) is 4.79 Å². The molecule has 1 amide bonds. The van der Waals surface area contributed by atoms with E-state index < -0.39 is 0 Å². The maximum atomic E-state index is 12.9. The van der Waals surface area contributed by atoms with Crippen molar-refractivity contribution in [3.63, 3.8) is 0 Å². The van der Waals surface area contributed by atoms with Crippen molar-refractivity contribution in [2.24, 2.45) is 0 Å². The number of nitrogens with zero attached hydrogens (tertiary/aromatic N) is 4. The molecule has 31 heavy (non-hydrogen) atoms. The van der Waals surface area contributed by atoms with E-state index in [0.717, 1.165) is 34.8 Å². The molecule has 3 heterocycles. The number of aryl methyl sites for hydroxylation is 3. The van der Waals surface area contributed by atoms with Gasteiger partial charge in [-0.1, -0.05) is 23.4 Å². The van der Waals surface area contributed by atoms with Gasteiger partial charge >= 0.3 is 0 Å². The van der Waals surface area contributed by atoms with Crippen molar-refractivity contribution in [3.8, 4) is 17.0 Å². The van der Waals surface area contributed by atoms with Gasteiger partial charge < -0.3 is 9.26 Å². The molecule has 0 spiro atoms. The van der Waals surface area contributed by atoms with Crippen LogP contribution in [0.2, 0.25) is 0 Å². The van der Waals surface area contributed by atoms with E-state index in [2.05, 4.69) is 20.6 Å². The fraction of sp³-hybridized carbons (Fsp3) is 0.273. The fourth-order valence-electron chi connectivity index (χ4n) is 3.24.